The highest BCUT2D eigenvalue weighted by Gasteiger charge is 2.36. The smallest absolute Gasteiger partial charge is 0.387 e. The van der Waals surface area contributed by atoms with Crippen LogP contribution in [0.2, 0.25) is 0 Å². The predicted octanol–water partition coefficient (Wildman–Crippen LogP) is 8.19. The van der Waals surface area contributed by atoms with Crippen molar-refractivity contribution >= 4 is 58.1 Å². The van der Waals surface area contributed by atoms with Gasteiger partial charge in [-0.25, -0.2) is 4.79 Å². The van der Waals surface area contributed by atoms with Gasteiger partial charge in [0.15, 0.2) is 22.7 Å². The van der Waals surface area contributed by atoms with Crippen molar-refractivity contribution in [1.82, 2.24) is 4.90 Å². The van der Waals surface area contributed by atoms with E-state index < -0.39 is 24.1 Å². The summed E-state index contributed by atoms with van der Waals surface area (Å²) >= 11 is 15.7. The Morgan fingerprint density at radius 1 is 1.21 bits per heavy atom. The number of halogens is 4. The number of benzene rings is 1. The first-order valence-corrected chi connectivity index (χ1v) is 16.1. The van der Waals surface area contributed by atoms with Gasteiger partial charge >= 0.3 is 12.6 Å². The lowest BCUT2D eigenvalue weighted by Crippen LogP contribution is -2.39. The number of hydrogen-bond donors (Lipinski definition) is 0. The van der Waals surface area contributed by atoms with Crippen LogP contribution in [0.3, 0.4) is 0 Å². The molecule has 1 aromatic carbocycles. The summed E-state index contributed by atoms with van der Waals surface area (Å²) in [6.07, 6.45) is 4.26. The molecule has 0 amide bonds. The van der Waals surface area contributed by atoms with E-state index in [-0.39, 0.29) is 35.3 Å². The largest absolute Gasteiger partial charge is 0.489 e. The van der Waals surface area contributed by atoms with Crippen molar-refractivity contribution in [3.8, 4) is 11.5 Å². The van der Waals surface area contributed by atoms with E-state index in [1.54, 1.807) is 36.1 Å². The number of allylic oxidation sites excluding steroid dienone is 4. The maximum absolute atomic E-state index is 13.6. The molecule has 0 bridgehead atoms. The third kappa shape index (κ3) is 8.83. The van der Waals surface area contributed by atoms with Crippen LogP contribution in [0, 0.1) is 5.92 Å². The number of nitrogens with zero attached hydrogens (tertiary/aromatic N) is 1. The zero-order chi connectivity index (χ0) is 30.2. The van der Waals surface area contributed by atoms with Crippen molar-refractivity contribution in [2.24, 2.45) is 5.92 Å². The highest BCUT2D eigenvalue weighted by atomic mass is 35.5. The zero-order valence-electron chi connectivity index (χ0n) is 22.9. The van der Waals surface area contributed by atoms with Gasteiger partial charge in [-0.2, -0.15) is 8.78 Å². The van der Waals surface area contributed by atoms with E-state index in [0.717, 1.165) is 12.8 Å². The van der Waals surface area contributed by atoms with Crippen LogP contribution in [0.15, 0.2) is 70.1 Å². The predicted molar refractivity (Wildman–Crippen MR) is 164 cm³/mol. The van der Waals surface area contributed by atoms with Gasteiger partial charge in [-0.3, -0.25) is 9.69 Å². The Bertz CT molecular complexity index is 1330. The van der Waals surface area contributed by atoms with E-state index >= 15 is 0 Å². The van der Waals surface area contributed by atoms with E-state index in [1.165, 1.54) is 35.2 Å². The monoisotopic (exact) mass is 657 g/mol. The molecule has 2 heterocycles. The lowest BCUT2D eigenvalue weighted by Gasteiger charge is -2.26. The quantitative estimate of drug-likeness (QED) is 0.109. The van der Waals surface area contributed by atoms with E-state index in [1.807, 2.05) is 11.4 Å². The summed E-state index contributed by atoms with van der Waals surface area (Å²) in [6, 6.07) is 8.02. The minimum atomic E-state index is -3.04. The molecule has 2 atom stereocenters. The first-order valence-electron chi connectivity index (χ1n) is 13.4. The Morgan fingerprint density at radius 3 is 2.64 bits per heavy atom. The molecule has 12 heteroatoms. The standard InChI is InChI=1S/C30H31Cl2F2NO5S2/c1-3-21(31)20(22(32)4-2)15-25(19-9-10-24(40-30(33)34)26(14-19)38-17-18-7-8-18)39-29(37)28-35(11-13-42-28)16-23(36)27-6-5-12-41-27/h3-6,9-10,12,14,18,25,28,30H,1,7-8,11,13,15-17H2,2H3/b21-20+,22-4+/t25-,28?/m0/s1. The van der Waals surface area contributed by atoms with Crippen LogP contribution in [0.25, 0.3) is 0 Å². The summed E-state index contributed by atoms with van der Waals surface area (Å²) < 4.78 is 42.9. The molecule has 2 fully saturated rings. The summed E-state index contributed by atoms with van der Waals surface area (Å²) in [7, 11) is 0. The maximum atomic E-state index is 13.6. The molecule has 1 aliphatic carbocycles. The number of rotatable bonds is 15. The fraction of sp³-hybridized carbons (Fsp3) is 0.400. The average Bonchev–Trinajstić information content (AvgIpc) is 3.41. The van der Waals surface area contributed by atoms with E-state index in [0.29, 0.717) is 45.9 Å². The minimum Gasteiger partial charge on any atom is -0.489 e. The van der Waals surface area contributed by atoms with Gasteiger partial charge in [0.25, 0.3) is 0 Å². The number of hydrogen-bond acceptors (Lipinski definition) is 8. The van der Waals surface area contributed by atoms with Crippen LogP contribution in [-0.4, -0.2) is 54.1 Å². The number of ether oxygens (including phenoxy) is 3. The van der Waals surface area contributed by atoms with Crippen molar-refractivity contribution in [2.45, 2.75) is 44.3 Å². The van der Waals surface area contributed by atoms with Gasteiger partial charge in [-0.1, -0.05) is 54.1 Å². The van der Waals surface area contributed by atoms with Gasteiger partial charge in [-0.15, -0.1) is 23.1 Å². The summed E-state index contributed by atoms with van der Waals surface area (Å²) in [5.74, 6) is 0.404. The second kappa shape index (κ2) is 15.4. The van der Waals surface area contributed by atoms with E-state index in [9.17, 15) is 18.4 Å². The normalized spacial score (nSPS) is 18.9. The molecule has 1 aliphatic heterocycles. The minimum absolute atomic E-state index is 0.0718. The van der Waals surface area contributed by atoms with Crippen molar-refractivity contribution in [3.63, 3.8) is 0 Å². The number of esters is 1. The second-order valence-corrected chi connectivity index (χ2v) is 12.7. The SMILES string of the molecule is C=C/C(Cl)=C(C[C@H](OC(=O)C1SCCN1CC(=O)c1cccs1)c1ccc(OC(F)F)c(OCC2CC2)c1)\C(Cl)=C/C. The highest BCUT2D eigenvalue weighted by Crippen LogP contribution is 2.40. The van der Waals surface area contributed by atoms with Crippen molar-refractivity contribution in [2.75, 3.05) is 25.4 Å². The molecule has 2 aliphatic rings. The number of carbonyl (C=O) groups excluding carboxylic acids is 2. The second-order valence-electron chi connectivity index (χ2n) is 9.73. The molecule has 6 nitrogen and oxygen atoms in total. The molecular weight excluding hydrogens is 627 g/mol. The number of carbonyl (C=O) groups is 2. The Balaban J connectivity index is 1.62. The number of thiophene rings is 1. The number of Topliss-reactive ketones (excluding diaryl/α,β-unsaturated/α-hetero) is 1. The van der Waals surface area contributed by atoms with Crippen LogP contribution < -0.4 is 9.47 Å². The van der Waals surface area contributed by atoms with Crippen LogP contribution in [0.1, 0.15) is 47.5 Å². The Hall–Kier alpha value is -2.37. The van der Waals surface area contributed by atoms with E-state index in [2.05, 4.69) is 11.3 Å². The zero-order valence-corrected chi connectivity index (χ0v) is 26.0. The molecule has 2 aromatic rings. The first kappa shape index (κ1) is 32.5. The fourth-order valence-corrected chi connectivity index (χ4v) is 6.53. The van der Waals surface area contributed by atoms with Crippen molar-refractivity contribution in [3.05, 3.63) is 80.5 Å². The molecule has 0 N–H and O–H groups in total. The molecule has 1 saturated heterocycles. The molecule has 226 valence electrons. The van der Waals surface area contributed by atoms with Crippen LogP contribution in [-0.2, 0) is 9.53 Å². The topological polar surface area (TPSA) is 65.1 Å². The molecule has 0 spiro atoms. The van der Waals surface area contributed by atoms with Gasteiger partial charge in [0.1, 0.15) is 6.10 Å². The third-order valence-corrected chi connectivity index (χ3v) is 9.68. The molecule has 1 unspecified atom stereocenters. The Kier molecular flexibility index (Phi) is 11.9. The lowest BCUT2D eigenvalue weighted by atomic mass is 9.99. The first-order chi connectivity index (χ1) is 20.2. The molecule has 42 heavy (non-hydrogen) atoms. The molecule has 1 aromatic heterocycles. The lowest BCUT2D eigenvalue weighted by molar-refractivity contribution is -0.151. The van der Waals surface area contributed by atoms with Crippen LogP contribution >= 0.6 is 46.3 Å². The van der Waals surface area contributed by atoms with Crippen molar-refractivity contribution in [1.29, 1.82) is 0 Å². The summed E-state index contributed by atoms with van der Waals surface area (Å²) in [4.78, 5) is 28.8. The average molecular weight is 659 g/mol. The summed E-state index contributed by atoms with van der Waals surface area (Å²) in [5, 5.41) is 1.75. The van der Waals surface area contributed by atoms with E-state index in [4.69, 9.17) is 32.7 Å². The maximum Gasteiger partial charge on any atom is 0.387 e. The number of thioether (sulfide) groups is 1. The van der Waals surface area contributed by atoms with Gasteiger partial charge in [-0.05, 0) is 60.4 Å². The molecule has 1 saturated carbocycles. The van der Waals surface area contributed by atoms with Crippen LogP contribution in [0.4, 0.5) is 8.78 Å². The van der Waals surface area contributed by atoms with Gasteiger partial charge in [0.2, 0.25) is 0 Å². The van der Waals surface area contributed by atoms with Gasteiger partial charge in [0.05, 0.1) is 18.0 Å². The summed E-state index contributed by atoms with van der Waals surface area (Å²) in [5.41, 5.74) is 0.970. The number of alkyl halides is 2. The molecule has 0 radical (unpaired) electrons. The number of ketones is 1. The fourth-order valence-electron chi connectivity index (χ4n) is 4.32. The molecular formula is C30H31Cl2F2NO5S2. The Morgan fingerprint density at radius 2 is 2.00 bits per heavy atom. The van der Waals surface area contributed by atoms with Crippen LogP contribution in [0.5, 0.6) is 11.5 Å². The van der Waals surface area contributed by atoms with Crippen molar-refractivity contribution < 1.29 is 32.6 Å². The molecule has 4 rings (SSSR count). The van der Waals surface area contributed by atoms with Gasteiger partial charge < -0.3 is 14.2 Å². The Labute approximate surface area is 262 Å². The van der Waals surface area contributed by atoms with Gasteiger partial charge in [0, 0.05) is 28.8 Å². The summed E-state index contributed by atoms with van der Waals surface area (Å²) in [6.45, 7) is 3.42. The third-order valence-electron chi connectivity index (χ3n) is 6.71. The highest BCUT2D eigenvalue weighted by molar-refractivity contribution is 8.00.